The predicted octanol–water partition coefficient (Wildman–Crippen LogP) is 3.34. The number of rotatable bonds is 6. The van der Waals surface area contributed by atoms with Gasteiger partial charge in [0, 0.05) is 30.4 Å². The van der Waals surface area contributed by atoms with Gasteiger partial charge in [0.2, 0.25) is 5.91 Å². The van der Waals surface area contributed by atoms with Crippen molar-refractivity contribution in [1.82, 2.24) is 14.5 Å². The fourth-order valence-electron chi connectivity index (χ4n) is 2.41. The first-order chi connectivity index (χ1) is 10.1. The lowest BCUT2D eigenvalue weighted by Crippen LogP contribution is -2.33. The lowest BCUT2D eigenvalue weighted by molar-refractivity contribution is -0.131. The van der Waals surface area contributed by atoms with E-state index >= 15 is 0 Å². The molecule has 1 aromatic heterocycles. The quantitative estimate of drug-likeness (QED) is 0.763. The van der Waals surface area contributed by atoms with Gasteiger partial charge in [0.1, 0.15) is 12.4 Å². The Morgan fingerprint density at radius 1 is 1.33 bits per heavy atom. The number of hydrogen-bond donors (Lipinski definition) is 0. The average Bonchev–Trinajstić information content (AvgIpc) is 2.78. The second kappa shape index (κ2) is 7.14. The molecule has 0 fully saturated rings. The fraction of sp³-hybridized carbons (Fsp3) is 0.467. The van der Waals surface area contributed by atoms with Gasteiger partial charge in [0.25, 0.3) is 0 Å². The van der Waals surface area contributed by atoms with Crippen molar-refractivity contribution in [2.75, 3.05) is 19.0 Å². The molecule has 2 rings (SSSR count). The van der Waals surface area contributed by atoms with Gasteiger partial charge in [0.05, 0.1) is 11.0 Å². The van der Waals surface area contributed by atoms with Gasteiger partial charge in [-0.2, -0.15) is 0 Å². The van der Waals surface area contributed by atoms with Crippen LogP contribution in [0, 0.1) is 0 Å². The molecule has 0 atom stereocenters. The van der Waals surface area contributed by atoms with Crippen LogP contribution in [0.1, 0.15) is 19.7 Å². The number of aryl methyl sites for hydroxylation is 1. The van der Waals surface area contributed by atoms with E-state index in [-0.39, 0.29) is 12.5 Å². The highest BCUT2D eigenvalue weighted by Gasteiger charge is 2.16. The van der Waals surface area contributed by atoms with Gasteiger partial charge in [-0.1, -0.05) is 11.6 Å². The van der Waals surface area contributed by atoms with E-state index < -0.39 is 0 Å². The number of carbonyl (C=O) groups excluding carboxylic acids is 1. The summed E-state index contributed by atoms with van der Waals surface area (Å²) in [4.78, 5) is 18.7. The zero-order chi connectivity index (χ0) is 15.4. The van der Waals surface area contributed by atoms with Crippen LogP contribution in [0.5, 0.6) is 0 Å². The molecule has 0 radical (unpaired) electrons. The molecule has 21 heavy (non-hydrogen) atoms. The van der Waals surface area contributed by atoms with Crippen molar-refractivity contribution >= 4 is 40.1 Å². The van der Waals surface area contributed by atoms with Crippen LogP contribution in [0.15, 0.2) is 18.2 Å². The standard InChI is InChI=1S/C15H19Cl2N3O/c1-3-19(4-2)15(21)10-20-13-9-11(17)5-6-12(13)18-14(20)7-8-16/h5-6,9H,3-4,7-8,10H2,1-2H3. The van der Waals surface area contributed by atoms with E-state index in [0.29, 0.717) is 30.4 Å². The zero-order valence-corrected chi connectivity index (χ0v) is 13.8. The SMILES string of the molecule is CCN(CC)C(=O)Cn1c(CCCl)nc2ccc(Cl)cc21. The Morgan fingerprint density at radius 3 is 2.67 bits per heavy atom. The second-order valence-corrected chi connectivity index (χ2v) is 5.57. The number of alkyl halides is 1. The molecule has 0 aliphatic rings. The van der Waals surface area contributed by atoms with Crippen molar-refractivity contribution in [3.63, 3.8) is 0 Å². The molecular weight excluding hydrogens is 309 g/mol. The summed E-state index contributed by atoms with van der Waals surface area (Å²) in [6, 6.07) is 5.52. The Balaban J connectivity index is 2.42. The summed E-state index contributed by atoms with van der Waals surface area (Å²) in [6.45, 7) is 5.62. The third-order valence-corrected chi connectivity index (χ3v) is 3.94. The second-order valence-electron chi connectivity index (χ2n) is 4.75. The molecule has 0 aliphatic carbocycles. The molecule has 0 saturated carbocycles. The van der Waals surface area contributed by atoms with Crippen molar-refractivity contribution in [2.45, 2.75) is 26.8 Å². The normalized spacial score (nSPS) is 11.0. The molecule has 0 N–H and O–H groups in total. The van der Waals surface area contributed by atoms with Crippen molar-refractivity contribution < 1.29 is 4.79 Å². The molecule has 1 heterocycles. The number of fused-ring (bicyclic) bond motifs is 1. The summed E-state index contributed by atoms with van der Waals surface area (Å²) in [5.41, 5.74) is 1.72. The van der Waals surface area contributed by atoms with Crippen LogP contribution < -0.4 is 0 Å². The molecule has 6 heteroatoms. The minimum Gasteiger partial charge on any atom is -0.342 e. The topological polar surface area (TPSA) is 38.1 Å². The van der Waals surface area contributed by atoms with E-state index in [1.54, 1.807) is 11.0 Å². The van der Waals surface area contributed by atoms with Crippen LogP contribution in [0.3, 0.4) is 0 Å². The fourth-order valence-corrected chi connectivity index (χ4v) is 2.74. The Hall–Kier alpha value is -1.26. The van der Waals surface area contributed by atoms with Gasteiger partial charge in [-0.15, -0.1) is 11.6 Å². The number of carbonyl (C=O) groups is 1. The van der Waals surface area contributed by atoms with E-state index in [2.05, 4.69) is 4.98 Å². The van der Waals surface area contributed by atoms with Gasteiger partial charge in [-0.25, -0.2) is 4.98 Å². The van der Waals surface area contributed by atoms with E-state index in [4.69, 9.17) is 23.2 Å². The van der Waals surface area contributed by atoms with E-state index in [0.717, 1.165) is 16.9 Å². The van der Waals surface area contributed by atoms with Crippen molar-refractivity contribution in [3.8, 4) is 0 Å². The first-order valence-corrected chi connectivity index (χ1v) is 8.00. The summed E-state index contributed by atoms with van der Waals surface area (Å²) in [6.07, 6.45) is 0.624. The first-order valence-electron chi connectivity index (χ1n) is 7.09. The average molecular weight is 328 g/mol. The molecule has 0 unspecified atom stereocenters. The van der Waals surface area contributed by atoms with Crippen LogP contribution in [-0.2, 0) is 17.8 Å². The van der Waals surface area contributed by atoms with Gasteiger partial charge >= 0.3 is 0 Å². The van der Waals surface area contributed by atoms with Gasteiger partial charge < -0.3 is 9.47 Å². The van der Waals surface area contributed by atoms with Gasteiger partial charge in [0.15, 0.2) is 0 Å². The maximum Gasteiger partial charge on any atom is 0.242 e. The van der Waals surface area contributed by atoms with Gasteiger partial charge in [-0.05, 0) is 32.0 Å². The van der Waals surface area contributed by atoms with Crippen molar-refractivity contribution in [1.29, 1.82) is 0 Å². The number of likely N-dealkylation sites (N-methyl/N-ethyl adjacent to an activating group) is 1. The summed E-state index contributed by atoms with van der Waals surface area (Å²) in [5.74, 6) is 1.37. The number of amides is 1. The Labute approximate surface area is 134 Å². The number of imidazole rings is 1. The summed E-state index contributed by atoms with van der Waals surface area (Å²) in [5, 5.41) is 0.636. The molecule has 0 aliphatic heterocycles. The lowest BCUT2D eigenvalue weighted by Gasteiger charge is -2.19. The van der Waals surface area contributed by atoms with Crippen LogP contribution in [0.2, 0.25) is 5.02 Å². The van der Waals surface area contributed by atoms with E-state index in [1.807, 2.05) is 30.5 Å². The highest BCUT2D eigenvalue weighted by atomic mass is 35.5. The number of hydrogen-bond acceptors (Lipinski definition) is 2. The summed E-state index contributed by atoms with van der Waals surface area (Å²) < 4.78 is 1.92. The molecule has 0 spiro atoms. The zero-order valence-electron chi connectivity index (χ0n) is 12.3. The summed E-state index contributed by atoms with van der Waals surface area (Å²) in [7, 11) is 0. The number of halogens is 2. The molecule has 1 amide bonds. The highest BCUT2D eigenvalue weighted by Crippen LogP contribution is 2.21. The largest absolute Gasteiger partial charge is 0.342 e. The summed E-state index contributed by atoms with van der Waals surface area (Å²) >= 11 is 11.9. The maximum absolute atomic E-state index is 12.4. The third kappa shape index (κ3) is 3.50. The van der Waals surface area contributed by atoms with Crippen LogP contribution >= 0.6 is 23.2 Å². The van der Waals surface area contributed by atoms with Crippen molar-refractivity contribution in [3.05, 3.63) is 29.0 Å². The first kappa shape index (κ1) is 16.1. The molecule has 4 nitrogen and oxygen atoms in total. The Morgan fingerprint density at radius 2 is 2.05 bits per heavy atom. The Kier molecular flexibility index (Phi) is 5.48. The van der Waals surface area contributed by atoms with Crippen LogP contribution in [-0.4, -0.2) is 39.3 Å². The van der Waals surface area contributed by atoms with Gasteiger partial charge in [-0.3, -0.25) is 4.79 Å². The Bertz CT molecular complexity index is 635. The molecule has 1 aromatic carbocycles. The molecule has 0 saturated heterocycles. The smallest absolute Gasteiger partial charge is 0.242 e. The predicted molar refractivity (Wildman–Crippen MR) is 87.1 cm³/mol. The van der Waals surface area contributed by atoms with Crippen molar-refractivity contribution in [2.24, 2.45) is 0 Å². The molecular formula is C15H19Cl2N3O. The maximum atomic E-state index is 12.4. The highest BCUT2D eigenvalue weighted by molar-refractivity contribution is 6.31. The minimum absolute atomic E-state index is 0.0788. The molecule has 0 bridgehead atoms. The lowest BCUT2D eigenvalue weighted by atomic mass is 10.3. The molecule has 2 aromatic rings. The number of nitrogens with zero attached hydrogens (tertiary/aromatic N) is 3. The monoisotopic (exact) mass is 327 g/mol. The minimum atomic E-state index is 0.0788. The van der Waals surface area contributed by atoms with Crippen LogP contribution in [0.4, 0.5) is 0 Å². The van der Waals surface area contributed by atoms with E-state index in [1.165, 1.54) is 0 Å². The van der Waals surface area contributed by atoms with E-state index in [9.17, 15) is 4.79 Å². The molecule has 114 valence electrons. The van der Waals surface area contributed by atoms with Crippen LogP contribution in [0.25, 0.3) is 11.0 Å². The number of aromatic nitrogens is 2. The number of benzene rings is 1. The third-order valence-electron chi connectivity index (χ3n) is 3.52.